The number of imidazole rings is 1. The van der Waals surface area contributed by atoms with Crippen LogP contribution in [0.3, 0.4) is 0 Å². The zero-order chi connectivity index (χ0) is 11.1. The van der Waals surface area contributed by atoms with E-state index in [1.165, 1.54) is 5.06 Å². The molecule has 2 N–H and O–H groups in total. The molecule has 0 unspecified atom stereocenters. The predicted molar refractivity (Wildman–Crippen MR) is 56.5 cm³/mol. The molecule has 16 heavy (non-hydrogen) atoms. The van der Waals surface area contributed by atoms with Gasteiger partial charge >= 0.3 is 0 Å². The fourth-order valence-electron chi connectivity index (χ4n) is 2.17. The van der Waals surface area contributed by atoms with E-state index >= 15 is 0 Å². The maximum absolute atomic E-state index is 9.44. The van der Waals surface area contributed by atoms with Crippen molar-refractivity contribution in [2.75, 3.05) is 0 Å². The lowest BCUT2D eigenvalue weighted by Gasteiger charge is -2.09. The van der Waals surface area contributed by atoms with E-state index in [2.05, 4.69) is 26.7 Å². The number of hydrogen-bond acceptors (Lipinski definition) is 4. The molecule has 0 aliphatic carbocycles. The van der Waals surface area contributed by atoms with Gasteiger partial charge in [-0.1, -0.05) is 0 Å². The Hall–Kier alpha value is -1.66. The Morgan fingerprint density at radius 3 is 3.06 bits per heavy atom. The Morgan fingerprint density at radius 1 is 1.50 bits per heavy atom. The highest BCUT2D eigenvalue weighted by molar-refractivity contribution is 5.51. The third kappa shape index (κ3) is 1.27. The van der Waals surface area contributed by atoms with E-state index in [0.717, 1.165) is 29.5 Å². The normalized spacial score (nSPS) is 15.6. The van der Waals surface area contributed by atoms with Gasteiger partial charge in [-0.3, -0.25) is 5.10 Å². The van der Waals surface area contributed by atoms with Crippen LogP contribution in [-0.2, 0) is 19.6 Å². The summed E-state index contributed by atoms with van der Waals surface area (Å²) in [6.07, 6.45) is 1.72. The number of aromatic amines is 1. The fourth-order valence-corrected chi connectivity index (χ4v) is 2.17. The molecule has 0 saturated carbocycles. The maximum Gasteiger partial charge on any atom is 0.158 e. The van der Waals surface area contributed by atoms with Gasteiger partial charge in [0.1, 0.15) is 5.69 Å². The highest BCUT2D eigenvalue weighted by atomic mass is 16.5. The van der Waals surface area contributed by atoms with Gasteiger partial charge in [-0.15, -0.1) is 0 Å². The summed E-state index contributed by atoms with van der Waals surface area (Å²) in [6.45, 7) is 3.96. The van der Waals surface area contributed by atoms with Gasteiger partial charge < -0.3 is 9.77 Å². The highest BCUT2D eigenvalue weighted by Crippen LogP contribution is 2.26. The summed E-state index contributed by atoms with van der Waals surface area (Å²) >= 11 is 0. The van der Waals surface area contributed by atoms with Gasteiger partial charge in [-0.05, 0) is 13.0 Å². The van der Waals surface area contributed by atoms with E-state index in [-0.39, 0.29) is 0 Å². The summed E-state index contributed by atoms with van der Waals surface area (Å²) in [6, 6.07) is 1.90. The number of hydroxylamine groups is 2. The Bertz CT molecular complexity index is 502. The summed E-state index contributed by atoms with van der Waals surface area (Å²) in [5, 5.41) is 17.6. The van der Waals surface area contributed by atoms with Crippen molar-refractivity contribution in [3.63, 3.8) is 0 Å². The lowest BCUT2D eigenvalue weighted by atomic mass is 10.4. The standard InChI is InChI=1S/C10H13N5O/c1-2-15-9-6-14(16)5-8(9)12-10(15)7-3-4-11-13-7/h3-4,16H,2,5-6H2,1H3,(H,11,13). The van der Waals surface area contributed by atoms with Crippen LogP contribution in [0.4, 0.5) is 0 Å². The van der Waals surface area contributed by atoms with E-state index in [4.69, 9.17) is 0 Å². The molecule has 3 rings (SSSR count). The van der Waals surface area contributed by atoms with Crippen molar-refractivity contribution < 1.29 is 5.21 Å². The summed E-state index contributed by atoms with van der Waals surface area (Å²) in [7, 11) is 0. The molecule has 0 atom stereocenters. The highest BCUT2D eigenvalue weighted by Gasteiger charge is 2.26. The number of hydrogen-bond donors (Lipinski definition) is 2. The molecule has 1 aliphatic rings. The summed E-state index contributed by atoms with van der Waals surface area (Å²) in [5.41, 5.74) is 2.96. The van der Waals surface area contributed by atoms with Crippen LogP contribution in [-0.4, -0.2) is 30.0 Å². The Labute approximate surface area is 92.5 Å². The van der Waals surface area contributed by atoms with Gasteiger partial charge in [0.05, 0.1) is 24.5 Å². The average molecular weight is 219 g/mol. The van der Waals surface area contributed by atoms with Crippen LogP contribution in [0.25, 0.3) is 11.5 Å². The summed E-state index contributed by atoms with van der Waals surface area (Å²) in [5.74, 6) is 0.901. The average Bonchev–Trinajstić information content (AvgIpc) is 2.90. The molecule has 3 heterocycles. The van der Waals surface area contributed by atoms with Crippen LogP contribution >= 0.6 is 0 Å². The Morgan fingerprint density at radius 2 is 2.38 bits per heavy atom. The minimum Gasteiger partial charge on any atom is -0.325 e. The minimum absolute atomic E-state index is 0.503. The number of fused-ring (bicyclic) bond motifs is 1. The van der Waals surface area contributed by atoms with Gasteiger partial charge in [0, 0.05) is 12.7 Å². The molecule has 2 aromatic rings. The Balaban J connectivity index is 2.12. The first kappa shape index (κ1) is 9.56. The fraction of sp³-hybridized carbons (Fsp3) is 0.400. The van der Waals surface area contributed by atoms with Gasteiger partial charge in [-0.25, -0.2) is 4.98 Å². The van der Waals surface area contributed by atoms with E-state index in [1.54, 1.807) is 6.20 Å². The molecule has 84 valence electrons. The van der Waals surface area contributed by atoms with Crippen LogP contribution in [0.2, 0.25) is 0 Å². The first-order valence-corrected chi connectivity index (χ1v) is 5.31. The zero-order valence-corrected chi connectivity index (χ0v) is 9.01. The maximum atomic E-state index is 9.44. The third-order valence-electron chi connectivity index (χ3n) is 2.88. The first-order valence-electron chi connectivity index (χ1n) is 5.31. The molecule has 2 aromatic heterocycles. The van der Waals surface area contributed by atoms with Crippen LogP contribution in [0.5, 0.6) is 0 Å². The molecule has 0 radical (unpaired) electrons. The van der Waals surface area contributed by atoms with E-state index in [0.29, 0.717) is 13.1 Å². The number of rotatable bonds is 2. The molecule has 0 spiro atoms. The van der Waals surface area contributed by atoms with Crippen molar-refractivity contribution in [3.05, 3.63) is 23.7 Å². The summed E-state index contributed by atoms with van der Waals surface area (Å²) < 4.78 is 2.11. The second kappa shape index (κ2) is 3.43. The monoisotopic (exact) mass is 219 g/mol. The van der Waals surface area contributed by atoms with Gasteiger partial charge in [0.25, 0.3) is 0 Å². The predicted octanol–water partition coefficient (Wildman–Crippen LogP) is 0.998. The van der Waals surface area contributed by atoms with E-state index in [1.807, 2.05) is 6.07 Å². The third-order valence-corrected chi connectivity index (χ3v) is 2.88. The molecule has 6 heteroatoms. The molecule has 0 amide bonds. The SMILES string of the molecule is CCn1c(-c2ccn[nH]2)nc2c1CN(O)C2. The molecule has 0 aromatic carbocycles. The smallest absolute Gasteiger partial charge is 0.158 e. The van der Waals surface area contributed by atoms with Crippen LogP contribution in [0.1, 0.15) is 18.3 Å². The zero-order valence-electron chi connectivity index (χ0n) is 9.01. The number of nitrogens with one attached hydrogen (secondary N) is 1. The van der Waals surface area contributed by atoms with Crippen molar-refractivity contribution in [1.29, 1.82) is 0 Å². The van der Waals surface area contributed by atoms with Gasteiger partial charge in [-0.2, -0.15) is 10.2 Å². The molecular formula is C10H13N5O. The second-order valence-corrected chi connectivity index (χ2v) is 3.87. The van der Waals surface area contributed by atoms with Crippen LogP contribution in [0.15, 0.2) is 12.3 Å². The van der Waals surface area contributed by atoms with Gasteiger partial charge in [0.15, 0.2) is 5.82 Å². The topological polar surface area (TPSA) is 70.0 Å². The number of H-pyrrole nitrogens is 1. The largest absolute Gasteiger partial charge is 0.325 e. The van der Waals surface area contributed by atoms with E-state index in [9.17, 15) is 5.21 Å². The quantitative estimate of drug-likeness (QED) is 0.790. The minimum atomic E-state index is 0.503. The number of aromatic nitrogens is 4. The lowest BCUT2D eigenvalue weighted by Crippen LogP contribution is -2.13. The van der Waals surface area contributed by atoms with Crippen molar-refractivity contribution in [1.82, 2.24) is 24.8 Å². The van der Waals surface area contributed by atoms with Crippen molar-refractivity contribution in [2.45, 2.75) is 26.6 Å². The molecule has 1 aliphatic heterocycles. The van der Waals surface area contributed by atoms with Crippen molar-refractivity contribution in [2.24, 2.45) is 0 Å². The van der Waals surface area contributed by atoms with Crippen molar-refractivity contribution in [3.8, 4) is 11.5 Å². The first-order chi connectivity index (χ1) is 7.79. The number of nitrogens with zero attached hydrogens (tertiary/aromatic N) is 4. The second-order valence-electron chi connectivity index (χ2n) is 3.87. The molecule has 0 fully saturated rings. The molecular weight excluding hydrogens is 206 g/mol. The summed E-state index contributed by atoms with van der Waals surface area (Å²) in [4.78, 5) is 4.54. The lowest BCUT2D eigenvalue weighted by molar-refractivity contribution is -0.0985. The van der Waals surface area contributed by atoms with Crippen LogP contribution in [0, 0.1) is 0 Å². The van der Waals surface area contributed by atoms with Gasteiger partial charge in [0.2, 0.25) is 0 Å². The van der Waals surface area contributed by atoms with E-state index < -0.39 is 0 Å². The molecule has 0 saturated heterocycles. The molecule has 0 bridgehead atoms. The van der Waals surface area contributed by atoms with Crippen molar-refractivity contribution >= 4 is 0 Å². The van der Waals surface area contributed by atoms with Crippen LogP contribution < -0.4 is 0 Å². The Kier molecular flexibility index (Phi) is 2.05. The molecule has 6 nitrogen and oxygen atoms in total.